The number of allylic oxidation sites excluding steroid dienone is 2. The molecule has 2 saturated carbocycles. The van der Waals surface area contributed by atoms with Gasteiger partial charge in [0.25, 0.3) is 0 Å². The Bertz CT molecular complexity index is 813. The van der Waals surface area contributed by atoms with Crippen molar-refractivity contribution < 1.29 is 18.8 Å². The van der Waals surface area contributed by atoms with Crippen LogP contribution in [0, 0.1) is 41.3 Å². The lowest BCUT2D eigenvalue weighted by Crippen LogP contribution is -2.44. The van der Waals surface area contributed by atoms with Crippen LogP contribution in [0.25, 0.3) is 0 Å². The third kappa shape index (κ3) is 2.04. The Kier molecular flexibility index (Phi) is 3.18. The van der Waals surface area contributed by atoms with Gasteiger partial charge in [0, 0.05) is 12.6 Å². The Morgan fingerprint density at radius 3 is 2.12 bits per heavy atom. The minimum absolute atomic E-state index is 0.111. The number of imide groups is 1. The number of nitrogens with zero attached hydrogens (tertiary/aromatic N) is 2. The molecule has 5 aliphatic rings. The van der Waals surface area contributed by atoms with Gasteiger partial charge in [-0.1, -0.05) is 12.2 Å². The normalized spacial score (nSPS) is 36.2. The van der Waals surface area contributed by atoms with Crippen molar-refractivity contribution in [1.29, 1.82) is 0 Å². The van der Waals surface area contributed by atoms with Gasteiger partial charge in [-0.3, -0.25) is 24.2 Å². The maximum Gasteiger partial charge on any atom is 0.235 e. The van der Waals surface area contributed by atoms with E-state index in [1.165, 1.54) is 41.0 Å². The van der Waals surface area contributed by atoms with E-state index in [0.29, 0.717) is 17.5 Å². The zero-order valence-electron chi connectivity index (χ0n) is 14.3. The molecule has 1 aromatic carbocycles. The predicted molar refractivity (Wildman–Crippen MR) is 91.0 cm³/mol. The van der Waals surface area contributed by atoms with Crippen LogP contribution in [-0.4, -0.2) is 29.3 Å². The molecule has 5 nitrogen and oxygen atoms in total. The van der Waals surface area contributed by atoms with Crippen molar-refractivity contribution >= 4 is 23.4 Å². The monoisotopic (exact) mass is 354 g/mol. The highest BCUT2D eigenvalue weighted by atomic mass is 19.1. The Morgan fingerprint density at radius 1 is 1.08 bits per heavy atom. The molecule has 26 heavy (non-hydrogen) atoms. The average Bonchev–Trinajstić information content (AvgIpc) is 3.40. The second-order valence-corrected chi connectivity index (χ2v) is 7.82. The average molecular weight is 354 g/mol. The van der Waals surface area contributed by atoms with Crippen LogP contribution in [0.2, 0.25) is 0 Å². The number of anilines is 1. The lowest BCUT2D eigenvalue weighted by atomic mass is 9.63. The number of hydrogen-bond acceptors (Lipinski definition) is 3. The number of hydrogen-bond donors (Lipinski definition) is 0. The van der Waals surface area contributed by atoms with Crippen LogP contribution >= 0.6 is 0 Å². The van der Waals surface area contributed by atoms with Crippen molar-refractivity contribution in [2.24, 2.45) is 35.5 Å². The summed E-state index contributed by atoms with van der Waals surface area (Å²) >= 11 is 0. The van der Waals surface area contributed by atoms with Gasteiger partial charge in [0.2, 0.25) is 17.7 Å². The van der Waals surface area contributed by atoms with E-state index in [1.54, 1.807) is 0 Å². The molecule has 3 fully saturated rings. The van der Waals surface area contributed by atoms with Crippen LogP contribution < -0.4 is 4.90 Å². The van der Waals surface area contributed by atoms with Crippen molar-refractivity contribution in [2.75, 3.05) is 11.6 Å². The van der Waals surface area contributed by atoms with Crippen molar-refractivity contribution in [2.45, 2.75) is 13.3 Å². The topological polar surface area (TPSA) is 57.7 Å². The SMILES string of the molecule is CC(=O)N(CN1C(=O)C2C3C=CC(C4CC34)C2C1=O)c1ccc(F)cc1. The fraction of sp³-hybridized carbons (Fsp3) is 0.450. The molecule has 0 spiro atoms. The van der Waals surface area contributed by atoms with E-state index in [0.717, 1.165) is 6.42 Å². The molecule has 0 radical (unpaired) electrons. The number of carbonyl (C=O) groups is 3. The molecule has 0 N–H and O–H groups in total. The molecule has 6 rings (SSSR count). The number of rotatable bonds is 3. The zero-order valence-corrected chi connectivity index (χ0v) is 14.3. The van der Waals surface area contributed by atoms with E-state index in [2.05, 4.69) is 12.2 Å². The van der Waals surface area contributed by atoms with E-state index >= 15 is 0 Å². The molecule has 4 aliphatic carbocycles. The predicted octanol–water partition coefficient (Wildman–Crippen LogP) is 2.19. The fourth-order valence-electron chi connectivity index (χ4n) is 5.28. The van der Waals surface area contributed by atoms with Gasteiger partial charge in [-0.15, -0.1) is 0 Å². The van der Waals surface area contributed by atoms with Crippen LogP contribution in [0.4, 0.5) is 10.1 Å². The molecule has 134 valence electrons. The van der Waals surface area contributed by atoms with E-state index in [9.17, 15) is 18.8 Å². The van der Waals surface area contributed by atoms with Gasteiger partial charge in [0.05, 0.1) is 11.8 Å². The summed E-state index contributed by atoms with van der Waals surface area (Å²) in [4.78, 5) is 40.7. The summed E-state index contributed by atoms with van der Waals surface area (Å²) < 4.78 is 13.2. The lowest BCUT2D eigenvalue weighted by Gasteiger charge is -2.37. The number of amides is 3. The minimum atomic E-state index is -0.404. The van der Waals surface area contributed by atoms with Crippen molar-refractivity contribution in [3.05, 3.63) is 42.2 Å². The van der Waals surface area contributed by atoms with Crippen LogP contribution in [0.1, 0.15) is 13.3 Å². The molecule has 1 aromatic rings. The van der Waals surface area contributed by atoms with Crippen LogP contribution in [0.15, 0.2) is 36.4 Å². The summed E-state index contributed by atoms with van der Waals surface area (Å²) in [5.41, 5.74) is 0.471. The third-order valence-corrected chi connectivity index (χ3v) is 6.56. The van der Waals surface area contributed by atoms with Crippen molar-refractivity contribution in [1.82, 2.24) is 4.90 Å². The highest BCUT2D eigenvalue weighted by molar-refractivity contribution is 6.07. The summed E-state index contributed by atoms with van der Waals surface area (Å²) in [7, 11) is 0. The molecule has 3 amide bonds. The fourth-order valence-corrected chi connectivity index (χ4v) is 5.28. The molecule has 6 heteroatoms. The summed E-state index contributed by atoms with van der Waals surface area (Å²) in [5.74, 6) is -0.175. The standard InChI is InChI=1S/C20H19FN2O3/c1-10(24)22(12-4-2-11(21)3-5-12)9-23-19(25)17-13-6-7-14(16-8-15(13)16)18(17)20(23)26/h2-7,13-18H,8-9H2,1H3. The summed E-state index contributed by atoms with van der Waals surface area (Å²) in [5, 5.41) is 0. The first-order valence-corrected chi connectivity index (χ1v) is 9.04. The quantitative estimate of drug-likeness (QED) is 0.618. The third-order valence-electron chi connectivity index (χ3n) is 6.56. The molecule has 6 unspecified atom stereocenters. The Hall–Kier alpha value is -2.50. The van der Waals surface area contributed by atoms with Crippen molar-refractivity contribution in [3.63, 3.8) is 0 Å². The highest BCUT2D eigenvalue weighted by Crippen LogP contribution is 2.65. The zero-order chi connectivity index (χ0) is 18.2. The lowest BCUT2D eigenvalue weighted by molar-refractivity contribution is -0.140. The maximum atomic E-state index is 13.2. The van der Waals surface area contributed by atoms with Crippen LogP contribution in [0.3, 0.4) is 0 Å². The summed E-state index contributed by atoms with van der Waals surface area (Å²) in [6.45, 7) is 1.27. The highest BCUT2D eigenvalue weighted by Gasteiger charge is 2.67. The van der Waals surface area contributed by atoms with E-state index in [4.69, 9.17) is 0 Å². The molecule has 1 heterocycles. The Morgan fingerprint density at radius 2 is 1.62 bits per heavy atom. The van der Waals surface area contributed by atoms with Gasteiger partial charge in [-0.05, 0) is 54.4 Å². The second-order valence-electron chi connectivity index (χ2n) is 7.82. The maximum absolute atomic E-state index is 13.2. The van der Waals surface area contributed by atoms with Crippen LogP contribution in [0.5, 0.6) is 0 Å². The number of benzene rings is 1. The first-order valence-electron chi connectivity index (χ1n) is 9.04. The van der Waals surface area contributed by atoms with Gasteiger partial charge in [0.15, 0.2) is 0 Å². The van der Waals surface area contributed by atoms with E-state index in [-0.39, 0.29) is 48.1 Å². The molecular formula is C20H19FN2O3. The van der Waals surface area contributed by atoms with E-state index < -0.39 is 5.82 Å². The summed E-state index contributed by atoms with van der Waals surface area (Å²) in [6.07, 6.45) is 5.36. The molecular weight excluding hydrogens is 335 g/mol. The van der Waals surface area contributed by atoms with Crippen molar-refractivity contribution in [3.8, 4) is 0 Å². The number of carbonyl (C=O) groups excluding carboxylic acids is 3. The smallest absolute Gasteiger partial charge is 0.235 e. The number of likely N-dealkylation sites (tertiary alicyclic amines) is 1. The first-order chi connectivity index (χ1) is 12.5. The van der Waals surface area contributed by atoms with E-state index in [1.807, 2.05) is 0 Å². The molecule has 0 aromatic heterocycles. The first kappa shape index (κ1) is 15.7. The Labute approximate surface area is 150 Å². The minimum Gasteiger partial charge on any atom is -0.294 e. The van der Waals surface area contributed by atoms with Gasteiger partial charge >= 0.3 is 0 Å². The van der Waals surface area contributed by atoms with Crippen LogP contribution in [-0.2, 0) is 14.4 Å². The second kappa shape index (κ2) is 5.25. The molecule has 6 atom stereocenters. The molecule has 1 saturated heterocycles. The van der Waals surface area contributed by atoms with Gasteiger partial charge in [-0.2, -0.15) is 0 Å². The number of halogens is 1. The van der Waals surface area contributed by atoms with Gasteiger partial charge in [0.1, 0.15) is 12.5 Å². The molecule has 2 bridgehead atoms. The van der Waals surface area contributed by atoms with Gasteiger partial charge < -0.3 is 0 Å². The largest absolute Gasteiger partial charge is 0.294 e. The van der Waals surface area contributed by atoms with Gasteiger partial charge in [-0.25, -0.2) is 4.39 Å². The molecule has 1 aliphatic heterocycles. The summed E-state index contributed by atoms with van der Waals surface area (Å²) in [6, 6.07) is 5.48. The Balaban J connectivity index is 1.44.